The van der Waals surface area contributed by atoms with Gasteiger partial charge in [-0.05, 0) is 31.8 Å². The lowest BCUT2D eigenvalue weighted by molar-refractivity contribution is -0.143. The van der Waals surface area contributed by atoms with Crippen molar-refractivity contribution in [3.8, 4) is 0 Å². The second-order valence-corrected chi connectivity index (χ2v) is 4.64. The summed E-state index contributed by atoms with van der Waals surface area (Å²) >= 11 is 0. The van der Waals surface area contributed by atoms with Crippen LogP contribution in [0, 0.1) is 17.2 Å². The molecule has 0 bridgehead atoms. The van der Waals surface area contributed by atoms with E-state index in [4.69, 9.17) is 10.5 Å². The molecule has 106 valence electrons. The Morgan fingerprint density at radius 2 is 1.79 bits per heavy atom. The molecule has 0 spiro atoms. The second-order valence-electron chi connectivity index (χ2n) is 4.64. The summed E-state index contributed by atoms with van der Waals surface area (Å²) in [5.74, 6) is -1.54. The van der Waals surface area contributed by atoms with Crippen LogP contribution < -0.4 is 5.32 Å². The number of carboxylic acids is 1. The van der Waals surface area contributed by atoms with Gasteiger partial charge in [0.25, 0.3) is 0 Å². The molecule has 0 amide bonds. The maximum atomic E-state index is 11.4. The molecule has 0 aromatic rings. The topological polar surface area (TPSA) is 99.5 Å². The molecule has 0 saturated heterocycles. The number of hydrogen-bond acceptors (Lipinski definition) is 5. The summed E-state index contributed by atoms with van der Waals surface area (Å²) in [7, 11) is 2.88. The Morgan fingerprint density at radius 1 is 1.26 bits per heavy atom. The molecule has 1 fully saturated rings. The van der Waals surface area contributed by atoms with E-state index in [2.05, 4.69) is 10.1 Å². The Kier molecular flexibility index (Phi) is 5.54. The van der Waals surface area contributed by atoms with Crippen LogP contribution in [-0.2, 0) is 14.3 Å². The summed E-state index contributed by atoms with van der Waals surface area (Å²) in [6.07, 6.45) is 3.99. The highest BCUT2D eigenvalue weighted by Gasteiger charge is 2.27. The van der Waals surface area contributed by atoms with Crippen LogP contribution in [-0.4, -0.2) is 36.9 Å². The molecule has 19 heavy (non-hydrogen) atoms. The third kappa shape index (κ3) is 4.08. The lowest BCUT2D eigenvalue weighted by Crippen LogP contribution is -2.26. The second kappa shape index (κ2) is 6.92. The van der Waals surface area contributed by atoms with Crippen LogP contribution in [0.1, 0.15) is 25.7 Å². The van der Waals surface area contributed by atoms with Gasteiger partial charge in [0.1, 0.15) is 5.70 Å². The molecule has 1 rings (SSSR count). The molecular formula is C13H20N2O4. The van der Waals surface area contributed by atoms with E-state index in [1.54, 1.807) is 7.05 Å². The largest absolute Gasteiger partial charge is 0.481 e. The number of ether oxygens (including phenoxy) is 1. The standard InChI is InChI=1S/C13H20N2O4/c1-15-11(13(18)19-2)7-10(14)8-3-5-9(6-4-8)12(16)17/h7-9,14-15H,3-6H2,1-2H3,(H,16,17)/b11-7-,14-10?. The summed E-state index contributed by atoms with van der Waals surface area (Å²) in [5.41, 5.74) is 0.589. The van der Waals surface area contributed by atoms with E-state index in [1.165, 1.54) is 13.2 Å². The quantitative estimate of drug-likeness (QED) is 0.395. The number of methoxy groups -OCH3 is 1. The first-order valence-corrected chi connectivity index (χ1v) is 6.28. The molecule has 1 aliphatic carbocycles. The molecule has 3 N–H and O–H groups in total. The summed E-state index contributed by atoms with van der Waals surface area (Å²) in [5, 5.41) is 19.6. The van der Waals surface area contributed by atoms with Gasteiger partial charge in [-0.25, -0.2) is 4.79 Å². The Hall–Kier alpha value is -1.85. The first-order chi connectivity index (χ1) is 8.99. The molecule has 0 unspecified atom stereocenters. The van der Waals surface area contributed by atoms with E-state index in [1.807, 2.05) is 0 Å². The van der Waals surface area contributed by atoms with E-state index in [0.717, 1.165) is 0 Å². The van der Waals surface area contributed by atoms with Crippen LogP contribution >= 0.6 is 0 Å². The fourth-order valence-corrected chi connectivity index (χ4v) is 2.27. The molecule has 0 atom stereocenters. The number of esters is 1. The number of nitrogens with one attached hydrogen (secondary N) is 2. The summed E-state index contributed by atoms with van der Waals surface area (Å²) < 4.78 is 4.60. The molecule has 0 radical (unpaired) electrons. The first-order valence-electron chi connectivity index (χ1n) is 6.28. The van der Waals surface area contributed by atoms with Gasteiger partial charge >= 0.3 is 11.9 Å². The molecule has 6 nitrogen and oxygen atoms in total. The average Bonchev–Trinajstić information content (AvgIpc) is 2.43. The smallest absolute Gasteiger partial charge is 0.354 e. The van der Waals surface area contributed by atoms with Gasteiger partial charge in [0, 0.05) is 18.7 Å². The predicted molar refractivity (Wildman–Crippen MR) is 70.0 cm³/mol. The van der Waals surface area contributed by atoms with Crippen LogP contribution in [0.15, 0.2) is 11.8 Å². The van der Waals surface area contributed by atoms with E-state index < -0.39 is 11.9 Å². The van der Waals surface area contributed by atoms with Gasteiger partial charge in [0.15, 0.2) is 0 Å². The molecule has 0 heterocycles. The zero-order valence-electron chi connectivity index (χ0n) is 11.2. The van der Waals surface area contributed by atoms with Crippen molar-refractivity contribution in [1.82, 2.24) is 5.32 Å². The molecule has 1 aliphatic rings. The maximum absolute atomic E-state index is 11.4. The van der Waals surface area contributed by atoms with Gasteiger partial charge < -0.3 is 20.6 Å². The summed E-state index contributed by atoms with van der Waals surface area (Å²) in [4.78, 5) is 22.2. The minimum Gasteiger partial charge on any atom is -0.481 e. The van der Waals surface area contributed by atoms with Crippen molar-refractivity contribution in [2.75, 3.05) is 14.2 Å². The van der Waals surface area contributed by atoms with Crippen LogP contribution in [0.3, 0.4) is 0 Å². The third-order valence-corrected chi connectivity index (χ3v) is 3.49. The van der Waals surface area contributed by atoms with Crippen LogP contribution in [0.4, 0.5) is 0 Å². The first kappa shape index (κ1) is 15.2. The van der Waals surface area contributed by atoms with Gasteiger partial charge in [-0.3, -0.25) is 4.79 Å². The SMILES string of the molecule is CN/C(=C\C(=N)C1CCC(C(=O)O)CC1)C(=O)OC. The van der Waals surface area contributed by atoms with Crippen molar-refractivity contribution < 1.29 is 19.4 Å². The van der Waals surface area contributed by atoms with Crippen LogP contribution in [0.25, 0.3) is 0 Å². The Morgan fingerprint density at radius 3 is 2.21 bits per heavy atom. The van der Waals surface area contributed by atoms with E-state index in [0.29, 0.717) is 31.4 Å². The number of hydrogen-bond donors (Lipinski definition) is 3. The molecule has 0 aromatic heterocycles. The van der Waals surface area contributed by atoms with E-state index >= 15 is 0 Å². The molecule has 6 heteroatoms. The highest BCUT2D eigenvalue weighted by atomic mass is 16.5. The van der Waals surface area contributed by atoms with E-state index in [9.17, 15) is 9.59 Å². The van der Waals surface area contributed by atoms with Gasteiger partial charge in [0.05, 0.1) is 13.0 Å². The Bertz CT molecular complexity index is 395. The van der Waals surface area contributed by atoms with Crippen molar-refractivity contribution in [3.05, 3.63) is 11.8 Å². The van der Waals surface area contributed by atoms with E-state index in [-0.39, 0.29) is 17.5 Å². The number of likely N-dealkylation sites (N-methyl/N-ethyl adjacent to an activating group) is 1. The number of allylic oxidation sites excluding steroid dienone is 1. The fourth-order valence-electron chi connectivity index (χ4n) is 2.27. The summed E-state index contributed by atoms with van der Waals surface area (Å²) in [6.45, 7) is 0. The zero-order chi connectivity index (χ0) is 14.4. The zero-order valence-corrected chi connectivity index (χ0v) is 11.2. The Labute approximate surface area is 112 Å². The van der Waals surface area contributed by atoms with Gasteiger partial charge in [-0.1, -0.05) is 0 Å². The van der Waals surface area contributed by atoms with Crippen molar-refractivity contribution in [1.29, 1.82) is 5.41 Å². The highest BCUT2D eigenvalue weighted by molar-refractivity contribution is 6.01. The van der Waals surface area contributed by atoms with Crippen molar-refractivity contribution in [2.24, 2.45) is 11.8 Å². The molecule has 0 aromatic carbocycles. The maximum Gasteiger partial charge on any atom is 0.354 e. The van der Waals surface area contributed by atoms with Crippen molar-refractivity contribution >= 4 is 17.7 Å². The third-order valence-electron chi connectivity index (χ3n) is 3.49. The van der Waals surface area contributed by atoms with Crippen LogP contribution in [0.2, 0.25) is 0 Å². The lowest BCUT2D eigenvalue weighted by atomic mass is 9.79. The minimum atomic E-state index is -0.758. The monoisotopic (exact) mass is 268 g/mol. The minimum absolute atomic E-state index is 0.0172. The number of rotatable bonds is 5. The number of carbonyl (C=O) groups excluding carboxylic acids is 1. The predicted octanol–water partition coefficient (Wildman–Crippen LogP) is 1.17. The van der Waals surface area contributed by atoms with Gasteiger partial charge in [0.2, 0.25) is 0 Å². The van der Waals surface area contributed by atoms with Crippen LogP contribution in [0.5, 0.6) is 0 Å². The van der Waals surface area contributed by atoms with Gasteiger partial charge in [-0.2, -0.15) is 0 Å². The number of carboxylic acid groups (broad SMARTS) is 1. The molecular weight excluding hydrogens is 248 g/mol. The lowest BCUT2D eigenvalue weighted by Gasteiger charge is -2.25. The normalized spacial score (nSPS) is 23.6. The van der Waals surface area contributed by atoms with Gasteiger partial charge in [-0.15, -0.1) is 0 Å². The summed E-state index contributed by atoms with van der Waals surface area (Å²) in [6, 6.07) is 0. The Balaban J connectivity index is 2.62. The number of carbonyl (C=O) groups is 2. The molecule has 1 saturated carbocycles. The highest BCUT2D eigenvalue weighted by Crippen LogP contribution is 2.30. The van der Waals surface area contributed by atoms with Crippen molar-refractivity contribution in [2.45, 2.75) is 25.7 Å². The fraction of sp³-hybridized carbons (Fsp3) is 0.615. The van der Waals surface area contributed by atoms with Crippen molar-refractivity contribution in [3.63, 3.8) is 0 Å². The average molecular weight is 268 g/mol. The number of aliphatic carboxylic acids is 1. The molecule has 0 aliphatic heterocycles.